The van der Waals surface area contributed by atoms with Gasteiger partial charge in [0.15, 0.2) is 5.76 Å². The van der Waals surface area contributed by atoms with E-state index in [-0.39, 0.29) is 6.04 Å². The average Bonchev–Trinajstić information content (AvgIpc) is 3.03. The summed E-state index contributed by atoms with van der Waals surface area (Å²) in [4.78, 5) is 2.36. The van der Waals surface area contributed by atoms with Crippen LogP contribution in [0.5, 0.6) is 5.88 Å². The molecular formula is C14H22N2O2. The fourth-order valence-corrected chi connectivity index (χ4v) is 2.27. The highest BCUT2D eigenvalue weighted by Crippen LogP contribution is 2.28. The minimum atomic E-state index is 0.128. The molecule has 1 aliphatic heterocycles. The Balaban J connectivity index is 1.96. The van der Waals surface area contributed by atoms with Gasteiger partial charge in [0.2, 0.25) is 0 Å². The van der Waals surface area contributed by atoms with E-state index >= 15 is 0 Å². The Morgan fingerprint density at radius 3 is 3.00 bits per heavy atom. The number of rotatable bonds is 7. The number of unbranched alkanes of at least 4 members (excludes halogenated alkanes) is 1. The Kier molecular flexibility index (Phi) is 4.81. The predicted molar refractivity (Wildman–Crippen MR) is 70.7 cm³/mol. The first-order valence-electron chi connectivity index (χ1n) is 6.81. The van der Waals surface area contributed by atoms with Crippen molar-refractivity contribution in [1.82, 2.24) is 10.1 Å². The fraction of sp³-hybridized carbons (Fsp3) is 0.643. The van der Waals surface area contributed by atoms with Crippen LogP contribution in [0.4, 0.5) is 0 Å². The first kappa shape index (κ1) is 13.1. The van der Waals surface area contributed by atoms with Gasteiger partial charge in [0.1, 0.15) is 0 Å². The third-order valence-corrected chi connectivity index (χ3v) is 3.30. The molecule has 1 atom stereocenters. The fourth-order valence-electron chi connectivity index (χ4n) is 2.27. The highest BCUT2D eigenvalue weighted by atomic mass is 16.5. The van der Waals surface area contributed by atoms with Gasteiger partial charge in [-0.3, -0.25) is 4.90 Å². The van der Waals surface area contributed by atoms with E-state index in [2.05, 4.69) is 23.6 Å². The van der Waals surface area contributed by atoms with Gasteiger partial charge in [0.05, 0.1) is 12.6 Å². The van der Waals surface area contributed by atoms with Crippen LogP contribution in [0.25, 0.3) is 0 Å². The molecule has 0 spiro atoms. The smallest absolute Gasteiger partial charge is 0.254 e. The Bertz CT molecular complexity index is 370. The molecule has 1 aromatic rings. The molecule has 2 rings (SSSR count). The SMILES string of the molecule is C=C[C@@H](c1cc(OCCCC)no1)N1CCCC1. The second kappa shape index (κ2) is 6.59. The lowest BCUT2D eigenvalue weighted by Crippen LogP contribution is -2.23. The number of ether oxygens (including phenoxy) is 1. The number of hydrogen-bond donors (Lipinski definition) is 0. The van der Waals surface area contributed by atoms with Crippen molar-refractivity contribution in [3.8, 4) is 5.88 Å². The molecule has 0 unspecified atom stereocenters. The van der Waals surface area contributed by atoms with Crippen LogP contribution in [-0.4, -0.2) is 29.8 Å². The van der Waals surface area contributed by atoms with Gasteiger partial charge in [0.25, 0.3) is 5.88 Å². The summed E-state index contributed by atoms with van der Waals surface area (Å²) in [6.45, 7) is 8.93. The third kappa shape index (κ3) is 3.13. The first-order valence-corrected chi connectivity index (χ1v) is 6.81. The van der Waals surface area contributed by atoms with E-state index in [0.29, 0.717) is 12.5 Å². The minimum absolute atomic E-state index is 0.128. The van der Waals surface area contributed by atoms with Crippen molar-refractivity contribution in [3.63, 3.8) is 0 Å². The van der Waals surface area contributed by atoms with Gasteiger partial charge in [-0.15, -0.1) is 6.58 Å². The van der Waals surface area contributed by atoms with Crippen molar-refractivity contribution in [1.29, 1.82) is 0 Å². The Morgan fingerprint density at radius 1 is 1.56 bits per heavy atom. The molecule has 18 heavy (non-hydrogen) atoms. The molecule has 0 bridgehead atoms. The quantitative estimate of drug-likeness (QED) is 0.550. The molecular weight excluding hydrogens is 228 g/mol. The number of nitrogens with zero attached hydrogens (tertiary/aromatic N) is 2. The van der Waals surface area contributed by atoms with Crippen molar-refractivity contribution in [3.05, 3.63) is 24.5 Å². The number of hydrogen-bond acceptors (Lipinski definition) is 4. The molecule has 1 aromatic heterocycles. The Morgan fingerprint density at radius 2 is 2.33 bits per heavy atom. The molecule has 0 saturated carbocycles. The van der Waals surface area contributed by atoms with Crippen molar-refractivity contribution in [2.45, 2.75) is 38.6 Å². The highest BCUT2D eigenvalue weighted by Gasteiger charge is 2.24. The van der Waals surface area contributed by atoms with E-state index in [1.54, 1.807) is 0 Å². The van der Waals surface area contributed by atoms with Gasteiger partial charge in [-0.25, -0.2) is 0 Å². The number of aromatic nitrogens is 1. The topological polar surface area (TPSA) is 38.5 Å². The summed E-state index contributed by atoms with van der Waals surface area (Å²) in [7, 11) is 0. The summed E-state index contributed by atoms with van der Waals surface area (Å²) < 4.78 is 10.9. The second-order valence-electron chi connectivity index (χ2n) is 4.69. The van der Waals surface area contributed by atoms with Crippen molar-refractivity contribution in [2.24, 2.45) is 0 Å². The van der Waals surface area contributed by atoms with Gasteiger partial charge in [-0.05, 0) is 37.5 Å². The predicted octanol–water partition coefficient (Wildman–Crippen LogP) is 3.18. The molecule has 1 aliphatic rings. The van der Waals surface area contributed by atoms with Crippen molar-refractivity contribution < 1.29 is 9.26 Å². The van der Waals surface area contributed by atoms with E-state index in [1.807, 2.05) is 12.1 Å². The molecule has 2 heterocycles. The summed E-state index contributed by atoms with van der Waals surface area (Å²) in [5.41, 5.74) is 0. The van der Waals surface area contributed by atoms with Crippen LogP contribution in [0, 0.1) is 0 Å². The molecule has 0 radical (unpaired) electrons. The van der Waals surface area contributed by atoms with Crippen LogP contribution in [-0.2, 0) is 0 Å². The molecule has 1 saturated heterocycles. The van der Waals surface area contributed by atoms with Gasteiger partial charge in [-0.1, -0.05) is 19.4 Å². The lowest BCUT2D eigenvalue weighted by molar-refractivity contribution is 0.229. The van der Waals surface area contributed by atoms with Crippen molar-refractivity contribution in [2.75, 3.05) is 19.7 Å². The lowest BCUT2D eigenvalue weighted by Gasteiger charge is -2.21. The zero-order valence-electron chi connectivity index (χ0n) is 11.1. The van der Waals surface area contributed by atoms with Crippen LogP contribution in [0.3, 0.4) is 0 Å². The minimum Gasteiger partial charge on any atom is -0.476 e. The zero-order valence-corrected chi connectivity index (χ0v) is 11.1. The van der Waals surface area contributed by atoms with E-state index in [1.165, 1.54) is 12.8 Å². The summed E-state index contributed by atoms with van der Waals surface area (Å²) in [6.07, 6.45) is 6.57. The van der Waals surface area contributed by atoms with Gasteiger partial charge in [-0.2, -0.15) is 0 Å². The molecule has 1 fully saturated rings. The molecule has 0 N–H and O–H groups in total. The molecule has 4 nitrogen and oxygen atoms in total. The van der Waals surface area contributed by atoms with Gasteiger partial charge in [0, 0.05) is 6.07 Å². The monoisotopic (exact) mass is 250 g/mol. The van der Waals surface area contributed by atoms with Crippen LogP contribution in [0.1, 0.15) is 44.4 Å². The summed E-state index contributed by atoms with van der Waals surface area (Å²) >= 11 is 0. The summed E-state index contributed by atoms with van der Waals surface area (Å²) in [5.74, 6) is 1.42. The average molecular weight is 250 g/mol. The van der Waals surface area contributed by atoms with Crippen LogP contribution >= 0.6 is 0 Å². The normalized spacial score (nSPS) is 17.8. The summed E-state index contributed by atoms with van der Waals surface area (Å²) in [6, 6.07) is 2.02. The van der Waals surface area contributed by atoms with Crippen LogP contribution < -0.4 is 4.74 Å². The Hall–Kier alpha value is -1.29. The maximum Gasteiger partial charge on any atom is 0.254 e. The first-order chi connectivity index (χ1) is 8.85. The van der Waals surface area contributed by atoms with E-state index in [9.17, 15) is 0 Å². The summed E-state index contributed by atoms with van der Waals surface area (Å²) in [5, 5.41) is 3.96. The van der Waals surface area contributed by atoms with E-state index < -0.39 is 0 Å². The van der Waals surface area contributed by atoms with E-state index in [0.717, 1.165) is 31.7 Å². The maximum atomic E-state index is 5.53. The van der Waals surface area contributed by atoms with Crippen molar-refractivity contribution >= 4 is 0 Å². The second-order valence-corrected chi connectivity index (χ2v) is 4.69. The van der Waals surface area contributed by atoms with Crippen LogP contribution in [0.15, 0.2) is 23.2 Å². The number of likely N-dealkylation sites (tertiary alicyclic amines) is 1. The standard InChI is InChI=1S/C14H22N2O2/c1-3-5-10-17-14-11-13(18-15-14)12(4-2)16-8-6-7-9-16/h4,11-12H,2-3,5-10H2,1H3/t12-/m0/s1. The maximum absolute atomic E-state index is 5.53. The third-order valence-electron chi connectivity index (χ3n) is 3.30. The van der Waals surface area contributed by atoms with Gasteiger partial charge >= 0.3 is 0 Å². The lowest BCUT2D eigenvalue weighted by atomic mass is 10.2. The zero-order chi connectivity index (χ0) is 12.8. The highest BCUT2D eigenvalue weighted by molar-refractivity contribution is 5.18. The Labute approximate surface area is 109 Å². The molecule has 0 aromatic carbocycles. The molecule has 0 aliphatic carbocycles. The van der Waals surface area contributed by atoms with Gasteiger partial charge < -0.3 is 9.26 Å². The van der Waals surface area contributed by atoms with E-state index in [4.69, 9.17) is 9.26 Å². The largest absolute Gasteiger partial charge is 0.476 e. The molecule has 0 amide bonds. The molecule has 100 valence electrons. The molecule has 4 heteroatoms. The van der Waals surface area contributed by atoms with Crippen LogP contribution in [0.2, 0.25) is 0 Å².